The van der Waals surface area contributed by atoms with Crippen molar-refractivity contribution in [2.75, 3.05) is 11.5 Å². The minimum Gasteiger partial charge on any atom is -0.479 e. The molecule has 7 heteroatoms. The number of rotatable bonds is 4. The number of carbonyl (C=O) groups excluding carboxylic acids is 1. The zero-order chi connectivity index (χ0) is 14.0. The Balaban J connectivity index is 2.13. The van der Waals surface area contributed by atoms with Gasteiger partial charge in [0, 0.05) is 11.4 Å². The highest BCUT2D eigenvalue weighted by Crippen LogP contribution is 2.28. The van der Waals surface area contributed by atoms with Crippen molar-refractivity contribution < 1.29 is 14.7 Å². The fraction of sp³-hybridized carbons (Fsp3) is 0.583. The molecule has 1 aliphatic heterocycles. The van der Waals surface area contributed by atoms with Crippen LogP contribution in [-0.2, 0) is 4.79 Å². The molecule has 1 saturated heterocycles. The zero-order valence-electron chi connectivity index (χ0n) is 10.9. The van der Waals surface area contributed by atoms with Crippen LogP contribution in [0.2, 0.25) is 0 Å². The van der Waals surface area contributed by atoms with Crippen molar-refractivity contribution in [3.05, 3.63) is 17.5 Å². The predicted molar refractivity (Wildman–Crippen MR) is 72.5 cm³/mol. The lowest BCUT2D eigenvalue weighted by Crippen LogP contribution is -2.54. The summed E-state index contributed by atoms with van der Waals surface area (Å²) in [5.74, 6) is -0.0389. The summed E-state index contributed by atoms with van der Waals surface area (Å²) in [6.07, 6.45) is 0.445. The summed E-state index contributed by atoms with van der Waals surface area (Å²) >= 11 is 1.53. The van der Waals surface area contributed by atoms with Crippen LogP contribution in [-0.4, -0.2) is 44.2 Å². The number of thioether (sulfide) groups is 1. The average molecular weight is 283 g/mol. The minimum atomic E-state index is -1.15. The van der Waals surface area contributed by atoms with E-state index < -0.39 is 17.4 Å². The molecule has 104 valence electrons. The number of carboxylic acid groups (broad SMARTS) is 1. The number of hydrogen-bond acceptors (Lipinski definition) is 4. The van der Waals surface area contributed by atoms with E-state index in [2.05, 4.69) is 15.5 Å². The van der Waals surface area contributed by atoms with Crippen molar-refractivity contribution in [3.8, 4) is 0 Å². The second-order valence-corrected chi connectivity index (χ2v) is 6.11. The lowest BCUT2D eigenvalue weighted by atomic mass is 9.99. The maximum Gasteiger partial charge on any atom is 0.330 e. The fourth-order valence-corrected chi connectivity index (χ4v) is 3.24. The van der Waals surface area contributed by atoms with Crippen LogP contribution in [0, 0.1) is 0 Å². The van der Waals surface area contributed by atoms with E-state index in [1.165, 1.54) is 11.8 Å². The Morgan fingerprint density at radius 3 is 2.79 bits per heavy atom. The Kier molecular flexibility index (Phi) is 3.84. The van der Waals surface area contributed by atoms with Crippen LogP contribution in [0.1, 0.15) is 42.4 Å². The molecule has 0 aromatic carbocycles. The van der Waals surface area contributed by atoms with Crippen LogP contribution in [0.3, 0.4) is 0 Å². The van der Waals surface area contributed by atoms with Crippen molar-refractivity contribution in [2.24, 2.45) is 0 Å². The molecular weight excluding hydrogens is 266 g/mol. The van der Waals surface area contributed by atoms with Crippen molar-refractivity contribution in [3.63, 3.8) is 0 Å². The molecule has 1 atom stereocenters. The molecule has 1 aliphatic rings. The third kappa shape index (κ3) is 2.75. The van der Waals surface area contributed by atoms with E-state index >= 15 is 0 Å². The van der Waals surface area contributed by atoms with E-state index in [9.17, 15) is 14.7 Å². The third-order valence-corrected chi connectivity index (χ3v) is 4.43. The highest BCUT2D eigenvalue weighted by Gasteiger charge is 2.43. The maximum absolute atomic E-state index is 12.1. The zero-order valence-corrected chi connectivity index (χ0v) is 11.7. The fourth-order valence-electron chi connectivity index (χ4n) is 1.92. The van der Waals surface area contributed by atoms with Gasteiger partial charge in [0.2, 0.25) is 0 Å². The average Bonchev–Trinajstić information content (AvgIpc) is 2.97. The molecule has 2 heterocycles. The van der Waals surface area contributed by atoms with Crippen LogP contribution in [0.5, 0.6) is 0 Å². The maximum atomic E-state index is 12.1. The van der Waals surface area contributed by atoms with Crippen LogP contribution < -0.4 is 5.32 Å². The normalized spacial score (nSPS) is 22.7. The van der Waals surface area contributed by atoms with E-state index in [0.717, 1.165) is 11.4 Å². The Morgan fingerprint density at radius 1 is 1.58 bits per heavy atom. The molecule has 1 unspecified atom stereocenters. The molecule has 0 saturated carbocycles. The number of carbonyl (C=O) groups is 2. The number of nitrogens with zero attached hydrogens (tertiary/aromatic N) is 1. The summed E-state index contributed by atoms with van der Waals surface area (Å²) in [5, 5.41) is 18.6. The van der Waals surface area contributed by atoms with Crippen LogP contribution in [0.15, 0.2) is 6.07 Å². The van der Waals surface area contributed by atoms with Crippen LogP contribution >= 0.6 is 11.8 Å². The molecule has 0 spiro atoms. The van der Waals surface area contributed by atoms with Gasteiger partial charge >= 0.3 is 5.97 Å². The number of nitrogens with one attached hydrogen (secondary N) is 2. The van der Waals surface area contributed by atoms with Gasteiger partial charge in [0.1, 0.15) is 11.2 Å². The van der Waals surface area contributed by atoms with E-state index in [0.29, 0.717) is 12.2 Å². The lowest BCUT2D eigenvalue weighted by molar-refractivity contribution is -0.143. The number of aromatic amines is 1. The number of hydrogen-bond donors (Lipinski definition) is 3. The van der Waals surface area contributed by atoms with Crippen LogP contribution in [0.25, 0.3) is 0 Å². The van der Waals surface area contributed by atoms with E-state index in [1.807, 2.05) is 13.8 Å². The van der Waals surface area contributed by atoms with Crippen molar-refractivity contribution in [1.29, 1.82) is 0 Å². The van der Waals surface area contributed by atoms with Crippen molar-refractivity contribution in [1.82, 2.24) is 15.5 Å². The van der Waals surface area contributed by atoms with Gasteiger partial charge < -0.3 is 10.4 Å². The summed E-state index contributed by atoms with van der Waals surface area (Å²) in [6, 6.07) is 1.66. The molecule has 2 rings (SSSR count). The van der Waals surface area contributed by atoms with Gasteiger partial charge in [0.25, 0.3) is 5.91 Å². The van der Waals surface area contributed by atoms with Gasteiger partial charge in [-0.3, -0.25) is 9.89 Å². The van der Waals surface area contributed by atoms with E-state index in [1.54, 1.807) is 6.07 Å². The van der Waals surface area contributed by atoms with Gasteiger partial charge in [-0.1, -0.05) is 13.8 Å². The van der Waals surface area contributed by atoms with Crippen LogP contribution in [0.4, 0.5) is 0 Å². The molecule has 0 radical (unpaired) electrons. The Morgan fingerprint density at radius 2 is 2.32 bits per heavy atom. The number of carboxylic acids is 1. The Bertz CT molecular complexity index is 492. The van der Waals surface area contributed by atoms with Gasteiger partial charge in [0.05, 0.1) is 0 Å². The first kappa shape index (κ1) is 13.9. The topological polar surface area (TPSA) is 95.1 Å². The van der Waals surface area contributed by atoms with E-state index in [4.69, 9.17) is 0 Å². The predicted octanol–water partition coefficient (Wildman–Crippen LogP) is 1.22. The molecule has 1 fully saturated rings. The number of aliphatic carboxylic acids is 1. The Labute approximate surface area is 115 Å². The first-order valence-electron chi connectivity index (χ1n) is 6.13. The number of amides is 1. The monoisotopic (exact) mass is 283 g/mol. The van der Waals surface area contributed by atoms with Gasteiger partial charge in [-0.25, -0.2) is 4.79 Å². The number of aromatic nitrogens is 2. The van der Waals surface area contributed by atoms with Gasteiger partial charge in [0.15, 0.2) is 0 Å². The molecule has 1 aromatic heterocycles. The molecular formula is C12H17N3O3S. The van der Waals surface area contributed by atoms with Crippen molar-refractivity contribution in [2.45, 2.75) is 31.7 Å². The molecule has 0 aliphatic carbocycles. The summed E-state index contributed by atoms with van der Waals surface area (Å²) in [7, 11) is 0. The van der Waals surface area contributed by atoms with Gasteiger partial charge in [-0.2, -0.15) is 16.9 Å². The molecule has 19 heavy (non-hydrogen) atoms. The third-order valence-electron chi connectivity index (χ3n) is 3.24. The molecule has 0 bridgehead atoms. The first-order chi connectivity index (χ1) is 8.94. The highest BCUT2D eigenvalue weighted by molar-refractivity contribution is 7.99. The summed E-state index contributed by atoms with van der Waals surface area (Å²) in [5.41, 5.74) is -0.0600. The van der Waals surface area contributed by atoms with Gasteiger partial charge in [-0.05, 0) is 24.2 Å². The minimum absolute atomic E-state index is 0.237. The standard InChI is InChI=1S/C12H17N3O3S/c1-7(2)8-5-9(15-14-8)10(16)13-12(11(17)18)3-4-19-6-12/h5,7H,3-4,6H2,1-2H3,(H,13,16)(H,14,15)(H,17,18). The van der Waals surface area contributed by atoms with Gasteiger partial charge in [-0.15, -0.1) is 0 Å². The van der Waals surface area contributed by atoms with E-state index in [-0.39, 0.29) is 11.6 Å². The summed E-state index contributed by atoms with van der Waals surface area (Å²) in [4.78, 5) is 23.4. The highest BCUT2D eigenvalue weighted by atomic mass is 32.2. The second-order valence-electron chi connectivity index (χ2n) is 5.01. The largest absolute Gasteiger partial charge is 0.479 e. The smallest absolute Gasteiger partial charge is 0.330 e. The summed E-state index contributed by atoms with van der Waals surface area (Å²) in [6.45, 7) is 3.98. The second kappa shape index (κ2) is 5.24. The summed E-state index contributed by atoms with van der Waals surface area (Å²) < 4.78 is 0. The molecule has 6 nitrogen and oxygen atoms in total. The van der Waals surface area contributed by atoms with Crippen molar-refractivity contribution >= 4 is 23.6 Å². The lowest BCUT2D eigenvalue weighted by Gasteiger charge is -2.23. The molecule has 1 amide bonds. The number of H-pyrrole nitrogens is 1. The Hall–Kier alpha value is -1.50. The SMILES string of the molecule is CC(C)c1cc(C(=O)NC2(C(=O)O)CCSC2)n[nH]1. The first-order valence-corrected chi connectivity index (χ1v) is 7.29. The quantitative estimate of drug-likeness (QED) is 0.772. The molecule has 3 N–H and O–H groups in total. The molecule has 1 aromatic rings.